The molecule has 1 saturated heterocycles. The first kappa shape index (κ1) is 25.9. The summed E-state index contributed by atoms with van der Waals surface area (Å²) in [4.78, 5) is 43.3. The van der Waals surface area contributed by atoms with Crippen molar-refractivity contribution in [3.05, 3.63) is 124 Å². The van der Waals surface area contributed by atoms with Gasteiger partial charge in [-0.15, -0.1) is 11.8 Å². The van der Waals surface area contributed by atoms with Crippen LogP contribution in [-0.4, -0.2) is 46.5 Å². The van der Waals surface area contributed by atoms with E-state index in [0.29, 0.717) is 5.75 Å². The average molecular weight is 542 g/mol. The summed E-state index contributed by atoms with van der Waals surface area (Å²) in [7, 11) is 0. The molecule has 3 aromatic carbocycles. The minimum absolute atomic E-state index is 0.0918. The molecule has 196 valence electrons. The number of para-hydroxylation sites is 1. The van der Waals surface area contributed by atoms with Gasteiger partial charge in [0.1, 0.15) is 22.9 Å². The van der Waals surface area contributed by atoms with Crippen LogP contribution in [0.25, 0.3) is 10.4 Å². The maximum Gasteiger partial charge on any atom is 0.356 e. The van der Waals surface area contributed by atoms with E-state index in [1.54, 1.807) is 24.3 Å². The molecule has 39 heavy (non-hydrogen) atoms. The van der Waals surface area contributed by atoms with Gasteiger partial charge in [-0.05, 0) is 28.8 Å². The number of nitrogens with zero attached hydrogens (tertiary/aromatic N) is 4. The van der Waals surface area contributed by atoms with Crippen LogP contribution in [0.1, 0.15) is 17.2 Å². The molecule has 0 saturated carbocycles. The summed E-state index contributed by atoms with van der Waals surface area (Å²) in [6.07, 6.45) is -0.755. The van der Waals surface area contributed by atoms with E-state index < -0.39 is 35.3 Å². The number of esters is 1. The van der Waals surface area contributed by atoms with Gasteiger partial charge in [0.2, 0.25) is 0 Å². The molecule has 3 aromatic rings. The fourth-order valence-electron chi connectivity index (χ4n) is 4.35. The van der Waals surface area contributed by atoms with Crippen molar-refractivity contribution in [1.82, 2.24) is 10.2 Å². The zero-order valence-electron chi connectivity index (χ0n) is 20.5. The number of hydrogen-bond donors (Lipinski definition) is 1. The Morgan fingerprint density at radius 2 is 1.59 bits per heavy atom. The number of carbonyl (C=O) groups excluding carboxylic acids is 3. The third-order valence-electron chi connectivity index (χ3n) is 6.17. The minimum atomic E-state index is -0.865. The van der Waals surface area contributed by atoms with E-state index >= 15 is 0 Å². The topological polar surface area (TPSA) is 134 Å². The van der Waals surface area contributed by atoms with Crippen molar-refractivity contribution in [2.45, 2.75) is 17.5 Å². The largest absolute Gasteiger partial charge is 0.484 e. The molecule has 10 nitrogen and oxygen atoms in total. The fourth-order valence-corrected chi connectivity index (χ4v) is 5.61. The Morgan fingerprint density at radius 3 is 2.18 bits per heavy atom. The molecular formula is C28H23N5O5S. The van der Waals surface area contributed by atoms with Gasteiger partial charge in [-0.3, -0.25) is 14.5 Å². The Labute approximate surface area is 228 Å². The van der Waals surface area contributed by atoms with Crippen molar-refractivity contribution in [3.63, 3.8) is 0 Å². The molecule has 2 atom stereocenters. The lowest BCUT2D eigenvalue weighted by atomic mass is 10.0. The quantitative estimate of drug-likeness (QED) is 0.141. The Kier molecular flexibility index (Phi) is 7.81. The highest BCUT2D eigenvalue weighted by molar-refractivity contribution is 8.00. The van der Waals surface area contributed by atoms with Gasteiger partial charge in [0, 0.05) is 10.7 Å². The summed E-state index contributed by atoms with van der Waals surface area (Å²) in [5.74, 6) is -1.09. The molecule has 0 aromatic heterocycles. The van der Waals surface area contributed by atoms with E-state index in [0.717, 1.165) is 11.1 Å². The van der Waals surface area contributed by atoms with Gasteiger partial charge in [0.15, 0.2) is 12.7 Å². The number of azide groups is 1. The van der Waals surface area contributed by atoms with Gasteiger partial charge in [-0.2, -0.15) is 0 Å². The maximum absolute atomic E-state index is 13.6. The zero-order chi connectivity index (χ0) is 27.2. The molecule has 2 aliphatic rings. The van der Waals surface area contributed by atoms with Crippen LogP contribution in [0.4, 0.5) is 0 Å². The Bertz CT molecular complexity index is 1410. The van der Waals surface area contributed by atoms with Crippen molar-refractivity contribution in [2.24, 2.45) is 5.11 Å². The van der Waals surface area contributed by atoms with E-state index in [1.165, 1.54) is 16.7 Å². The van der Waals surface area contributed by atoms with Crippen LogP contribution >= 0.6 is 11.8 Å². The summed E-state index contributed by atoms with van der Waals surface area (Å²) in [5, 5.41) is 5.79. The second-order valence-electron chi connectivity index (χ2n) is 8.65. The average Bonchev–Trinajstić information content (AvgIpc) is 2.98. The molecule has 2 heterocycles. The third-order valence-corrected chi connectivity index (χ3v) is 7.43. The lowest BCUT2D eigenvalue weighted by Crippen LogP contribution is -2.70. The van der Waals surface area contributed by atoms with Crippen molar-refractivity contribution in [2.75, 3.05) is 12.4 Å². The van der Waals surface area contributed by atoms with E-state index in [2.05, 4.69) is 15.3 Å². The predicted molar refractivity (Wildman–Crippen MR) is 144 cm³/mol. The highest BCUT2D eigenvalue weighted by atomic mass is 32.2. The number of ether oxygens (including phenoxy) is 2. The predicted octanol–water partition coefficient (Wildman–Crippen LogP) is 4.32. The van der Waals surface area contributed by atoms with Gasteiger partial charge in [0.05, 0.1) is 5.70 Å². The smallest absolute Gasteiger partial charge is 0.356 e. The summed E-state index contributed by atoms with van der Waals surface area (Å²) in [6.45, 7) is -0.268. The van der Waals surface area contributed by atoms with Gasteiger partial charge in [-0.25, -0.2) is 4.79 Å². The summed E-state index contributed by atoms with van der Waals surface area (Å²) in [5.41, 5.74) is 10.6. The molecule has 1 N–H and O–H groups in total. The summed E-state index contributed by atoms with van der Waals surface area (Å²) < 4.78 is 11.4. The lowest BCUT2D eigenvalue weighted by molar-refractivity contribution is -0.154. The number of hydrogen-bond acceptors (Lipinski definition) is 7. The second-order valence-corrected chi connectivity index (χ2v) is 9.75. The van der Waals surface area contributed by atoms with Gasteiger partial charge < -0.3 is 14.8 Å². The molecule has 0 aliphatic carbocycles. The highest BCUT2D eigenvalue weighted by Gasteiger charge is 2.54. The molecule has 0 bridgehead atoms. The van der Waals surface area contributed by atoms with Gasteiger partial charge in [-0.1, -0.05) is 84.0 Å². The normalized spacial score (nSPS) is 18.0. The number of rotatable bonds is 9. The lowest BCUT2D eigenvalue weighted by Gasteiger charge is -2.49. The van der Waals surface area contributed by atoms with Crippen LogP contribution < -0.4 is 10.1 Å². The molecule has 5 rings (SSSR count). The number of nitrogens with one attached hydrogen (secondary N) is 1. The zero-order valence-corrected chi connectivity index (χ0v) is 21.4. The molecular weight excluding hydrogens is 518 g/mol. The fraction of sp³-hybridized carbons (Fsp3) is 0.179. The van der Waals surface area contributed by atoms with Crippen LogP contribution in [0.15, 0.2) is 108 Å². The van der Waals surface area contributed by atoms with Gasteiger partial charge in [0.25, 0.3) is 11.8 Å². The number of amides is 2. The number of thioether (sulfide) groups is 1. The summed E-state index contributed by atoms with van der Waals surface area (Å²) in [6, 6.07) is 26.4. The minimum Gasteiger partial charge on any atom is -0.484 e. The molecule has 0 unspecified atom stereocenters. The first-order valence-corrected chi connectivity index (χ1v) is 13.1. The number of carbonyl (C=O) groups is 3. The summed E-state index contributed by atoms with van der Waals surface area (Å²) >= 11 is 1.28. The molecule has 2 aliphatic heterocycles. The molecule has 0 radical (unpaired) electrons. The van der Waals surface area contributed by atoms with Crippen LogP contribution in [0.2, 0.25) is 0 Å². The first-order valence-electron chi connectivity index (χ1n) is 12.1. The van der Waals surface area contributed by atoms with E-state index in [-0.39, 0.29) is 23.8 Å². The van der Waals surface area contributed by atoms with Gasteiger partial charge >= 0.3 is 5.97 Å². The highest BCUT2D eigenvalue weighted by Crippen LogP contribution is 2.42. The SMILES string of the molecule is [N-]=[N+]=NC1=C(C(=O)OC(c2ccccc2)c2ccccc2)N2C(=O)[C@@H](NC(=O)COc3ccccc3)[C@@H]2SC1. The van der Waals surface area contributed by atoms with E-state index in [1.807, 2.05) is 66.7 Å². The molecule has 1 fully saturated rings. The van der Waals surface area contributed by atoms with Crippen molar-refractivity contribution >= 4 is 29.5 Å². The first-order chi connectivity index (χ1) is 19.1. The van der Waals surface area contributed by atoms with E-state index in [4.69, 9.17) is 15.0 Å². The number of benzene rings is 3. The molecule has 0 spiro atoms. The van der Waals surface area contributed by atoms with Crippen LogP contribution in [0, 0.1) is 0 Å². The van der Waals surface area contributed by atoms with Crippen LogP contribution in [-0.2, 0) is 19.1 Å². The second kappa shape index (κ2) is 11.8. The Hall–Kier alpha value is -4.73. The standard InChI is InChI=1S/C28H23N5O5S/c29-32-31-21-17-39-27-23(30-22(34)16-37-20-14-8-3-9-15-20)26(35)33(27)24(21)28(36)38-25(18-10-4-1-5-11-18)19-12-6-2-7-13-19/h1-15,23,25,27H,16-17H2,(H,30,34)/t23-,27+/m1/s1. The van der Waals surface area contributed by atoms with Crippen molar-refractivity contribution in [1.29, 1.82) is 0 Å². The van der Waals surface area contributed by atoms with E-state index in [9.17, 15) is 14.4 Å². The van der Waals surface area contributed by atoms with Crippen LogP contribution in [0.5, 0.6) is 5.75 Å². The Balaban J connectivity index is 1.34. The van der Waals surface area contributed by atoms with Crippen molar-refractivity contribution in [3.8, 4) is 5.75 Å². The maximum atomic E-state index is 13.6. The van der Waals surface area contributed by atoms with Crippen molar-refractivity contribution < 1.29 is 23.9 Å². The number of fused-ring (bicyclic) bond motifs is 1. The number of β-lactam (4-membered cyclic amide) rings is 1. The molecule has 2 amide bonds. The monoisotopic (exact) mass is 541 g/mol. The van der Waals surface area contributed by atoms with Crippen LogP contribution in [0.3, 0.4) is 0 Å². The Morgan fingerprint density at radius 1 is 1.00 bits per heavy atom. The third kappa shape index (κ3) is 5.59. The molecule has 11 heteroatoms.